The minimum Gasteiger partial charge on any atom is -0.345 e. The zero-order chi connectivity index (χ0) is 28.2. The summed E-state index contributed by atoms with van der Waals surface area (Å²) in [7, 11) is -4.46. The fourth-order valence-corrected chi connectivity index (χ4v) is 6.22. The number of rotatable bonds is 6. The lowest BCUT2D eigenvalue weighted by molar-refractivity contribution is 0.103. The largest absolute Gasteiger partial charge is 0.345 e. The summed E-state index contributed by atoms with van der Waals surface area (Å²) in [6, 6.07) is 8.80. The van der Waals surface area contributed by atoms with Crippen molar-refractivity contribution in [3.8, 4) is 10.4 Å². The predicted octanol–water partition coefficient (Wildman–Crippen LogP) is 4.98. The van der Waals surface area contributed by atoms with Crippen LogP contribution in [0.15, 0.2) is 76.9 Å². The van der Waals surface area contributed by atoms with Crippen molar-refractivity contribution >= 4 is 54.1 Å². The average Bonchev–Trinajstić information content (AvgIpc) is 3.55. The molecule has 0 amide bonds. The molecule has 0 fully saturated rings. The van der Waals surface area contributed by atoms with E-state index in [1.165, 1.54) is 30.1 Å². The van der Waals surface area contributed by atoms with E-state index in [0.29, 0.717) is 20.7 Å². The van der Waals surface area contributed by atoms with E-state index in [1.807, 2.05) is 4.72 Å². The first kappa shape index (κ1) is 25.5. The van der Waals surface area contributed by atoms with E-state index < -0.39 is 49.4 Å². The second-order valence-electron chi connectivity index (χ2n) is 8.56. The highest BCUT2D eigenvalue weighted by Gasteiger charge is 2.27. The molecule has 0 aliphatic rings. The van der Waals surface area contributed by atoms with E-state index in [0.717, 1.165) is 36.4 Å². The van der Waals surface area contributed by atoms with E-state index in [2.05, 4.69) is 19.9 Å². The molecule has 0 bridgehead atoms. The summed E-state index contributed by atoms with van der Waals surface area (Å²) in [5.41, 5.74) is -1.35. The maximum Gasteiger partial charge on any atom is 0.262 e. The minimum atomic E-state index is -4.46. The summed E-state index contributed by atoms with van der Waals surface area (Å²) in [6.07, 6.45) is 4.03. The number of carbonyl (C=O) groups excluding carboxylic acids is 1. The topological polar surface area (TPSA) is 138 Å². The molecule has 0 aliphatic carbocycles. The summed E-state index contributed by atoms with van der Waals surface area (Å²) in [6.45, 7) is 0. The summed E-state index contributed by atoms with van der Waals surface area (Å²) >= 11 is 1.22. The van der Waals surface area contributed by atoms with Gasteiger partial charge in [0, 0.05) is 33.8 Å². The van der Waals surface area contributed by atoms with Crippen molar-refractivity contribution in [2.24, 2.45) is 0 Å². The molecule has 14 heteroatoms. The quantitative estimate of drug-likeness (QED) is 0.237. The Morgan fingerprint density at radius 1 is 0.975 bits per heavy atom. The predicted molar refractivity (Wildman–Crippen MR) is 142 cm³/mol. The second-order valence-corrected chi connectivity index (χ2v) is 11.3. The van der Waals surface area contributed by atoms with E-state index in [4.69, 9.17) is 0 Å². The molecule has 0 radical (unpaired) electrons. The Kier molecular flexibility index (Phi) is 6.00. The van der Waals surface area contributed by atoms with E-state index in [-0.39, 0.29) is 22.2 Å². The third-order valence-electron chi connectivity index (χ3n) is 6.06. The second kappa shape index (κ2) is 9.43. The number of benzene rings is 2. The molecule has 9 nitrogen and oxygen atoms in total. The Hall–Kier alpha value is -4.82. The number of sulfonamides is 1. The number of anilines is 1. The fraction of sp³-hybridized carbons (Fsp3) is 0. The monoisotopic (exact) mass is 581 g/mol. The highest BCUT2D eigenvalue weighted by molar-refractivity contribution is 7.92. The van der Waals surface area contributed by atoms with Crippen molar-refractivity contribution in [3.63, 3.8) is 0 Å². The average molecular weight is 582 g/mol. The van der Waals surface area contributed by atoms with Gasteiger partial charge >= 0.3 is 0 Å². The van der Waals surface area contributed by atoms with Crippen LogP contribution < -0.4 is 10.3 Å². The Morgan fingerprint density at radius 2 is 1.80 bits per heavy atom. The van der Waals surface area contributed by atoms with Gasteiger partial charge in [-0.25, -0.2) is 31.6 Å². The molecule has 2 aromatic carbocycles. The highest BCUT2D eigenvalue weighted by Crippen LogP contribution is 2.34. The van der Waals surface area contributed by atoms with Crippen LogP contribution in [0.25, 0.3) is 31.7 Å². The molecule has 0 saturated carbocycles. The van der Waals surface area contributed by atoms with Gasteiger partial charge in [-0.15, -0.1) is 11.3 Å². The number of H-pyrrole nitrogens is 2. The lowest BCUT2D eigenvalue weighted by Gasteiger charge is -2.12. The molecule has 0 unspecified atom stereocenters. The number of aromatic amines is 2. The molecule has 4 aromatic heterocycles. The standard InChI is InChI=1S/C26H14F3N5O4S2/c27-13-2-1-3-14(7-13)40(37,38)34-19-5-4-18(28)21(22(19)29)23(35)17-10-31-24-15(17)6-12(9-30-24)20-8-16-25(36)32-11-33-26(16)39-20/h1-11,34H,(H,30,31)(H,32,33,36). The molecule has 0 spiro atoms. The number of fused-ring (bicyclic) bond motifs is 2. The zero-order valence-corrected chi connectivity index (χ0v) is 21.5. The van der Waals surface area contributed by atoms with Gasteiger partial charge in [-0.05, 0) is 42.5 Å². The van der Waals surface area contributed by atoms with Crippen LogP contribution in [0.5, 0.6) is 0 Å². The Labute approximate surface area is 226 Å². The van der Waals surface area contributed by atoms with Gasteiger partial charge in [0.1, 0.15) is 22.1 Å². The lowest BCUT2D eigenvalue weighted by Crippen LogP contribution is -2.16. The van der Waals surface area contributed by atoms with Gasteiger partial charge in [-0.2, -0.15) is 0 Å². The normalized spacial score (nSPS) is 11.8. The van der Waals surface area contributed by atoms with Crippen LogP contribution in [0.1, 0.15) is 15.9 Å². The molecule has 4 heterocycles. The number of pyridine rings is 1. The van der Waals surface area contributed by atoms with Crippen LogP contribution in [-0.4, -0.2) is 34.1 Å². The van der Waals surface area contributed by atoms with Gasteiger partial charge in [0.15, 0.2) is 5.82 Å². The number of thiophene rings is 1. The first-order valence-electron chi connectivity index (χ1n) is 11.4. The van der Waals surface area contributed by atoms with Crippen molar-refractivity contribution in [1.82, 2.24) is 19.9 Å². The van der Waals surface area contributed by atoms with Gasteiger partial charge in [0.25, 0.3) is 15.6 Å². The van der Waals surface area contributed by atoms with Crippen LogP contribution in [0.4, 0.5) is 18.9 Å². The van der Waals surface area contributed by atoms with Gasteiger partial charge in [0.2, 0.25) is 5.78 Å². The number of carbonyl (C=O) groups is 1. The molecule has 0 atom stereocenters. The molecule has 3 N–H and O–H groups in total. The van der Waals surface area contributed by atoms with E-state index >= 15 is 4.39 Å². The number of nitrogens with one attached hydrogen (secondary N) is 3. The van der Waals surface area contributed by atoms with Gasteiger partial charge < -0.3 is 9.97 Å². The van der Waals surface area contributed by atoms with Crippen molar-refractivity contribution in [2.75, 3.05) is 4.72 Å². The summed E-state index contributed by atoms with van der Waals surface area (Å²) in [4.78, 5) is 39.8. The first-order valence-corrected chi connectivity index (χ1v) is 13.7. The maximum absolute atomic E-state index is 15.5. The number of nitrogens with zero attached hydrogens (tertiary/aromatic N) is 2. The molecule has 40 heavy (non-hydrogen) atoms. The van der Waals surface area contributed by atoms with Crippen molar-refractivity contribution in [2.45, 2.75) is 4.90 Å². The Morgan fingerprint density at radius 3 is 2.58 bits per heavy atom. The third kappa shape index (κ3) is 4.32. The minimum absolute atomic E-state index is 0.121. The summed E-state index contributed by atoms with van der Waals surface area (Å²) in [5.74, 6) is -4.56. The molecule has 0 saturated heterocycles. The van der Waals surface area contributed by atoms with E-state index in [9.17, 15) is 26.8 Å². The van der Waals surface area contributed by atoms with Crippen LogP contribution in [0, 0.1) is 17.5 Å². The molecule has 200 valence electrons. The van der Waals surface area contributed by atoms with Crippen molar-refractivity contribution in [1.29, 1.82) is 0 Å². The zero-order valence-electron chi connectivity index (χ0n) is 19.8. The molecule has 6 aromatic rings. The molecule has 6 rings (SSSR count). The fourth-order valence-electron chi connectivity index (χ4n) is 4.15. The van der Waals surface area contributed by atoms with Crippen LogP contribution in [0.3, 0.4) is 0 Å². The maximum atomic E-state index is 15.5. The SMILES string of the molecule is O=C(c1c(F)ccc(NS(=O)(=O)c2cccc(F)c2)c1F)c1c[nH]c2ncc(-c3cc4c(=O)[nH]cnc4s3)cc12. The number of ketones is 1. The third-order valence-corrected chi connectivity index (χ3v) is 8.52. The van der Waals surface area contributed by atoms with Crippen molar-refractivity contribution < 1.29 is 26.4 Å². The molecular formula is C26H14F3N5O4S2. The summed E-state index contributed by atoms with van der Waals surface area (Å²) < 4.78 is 71.1. The summed E-state index contributed by atoms with van der Waals surface area (Å²) in [5, 5.41) is 0.612. The molecular weight excluding hydrogens is 567 g/mol. The highest BCUT2D eigenvalue weighted by atomic mass is 32.2. The van der Waals surface area contributed by atoms with Crippen molar-refractivity contribution in [3.05, 3.63) is 106 Å². The smallest absolute Gasteiger partial charge is 0.262 e. The Balaban J connectivity index is 1.40. The first-order chi connectivity index (χ1) is 19.1. The van der Waals surface area contributed by atoms with Crippen LogP contribution in [-0.2, 0) is 10.0 Å². The van der Waals surface area contributed by atoms with Gasteiger partial charge in [-0.3, -0.25) is 14.3 Å². The number of hydrogen-bond acceptors (Lipinski definition) is 7. The molecule has 0 aliphatic heterocycles. The Bertz CT molecular complexity index is 2160. The van der Waals surface area contributed by atoms with Crippen LogP contribution in [0.2, 0.25) is 0 Å². The van der Waals surface area contributed by atoms with Gasteiger partial charge in [-0.1, -0.05) is 6.07 Å². The van der Waals surface area contributed by atoms with Gasteiger partial charge in [0.05, 0.1) is 27.9 Å². The number of hydrogen-bond donors (Lipinski definition) is 3. The van der Waals surface area contributed by atoms with Crippen LogP contribution >= 0.6 is 11.3 Å². The van der Waals surface area contributed by atoms with E-state index in [1.54, 1.807) is 12.1 Å². The number of halogens is 3. The number of aromatic nitrogens is 4. The lowest BCUT2D eigenvalue weighted by atomic mass is 10.0.